The molecule has 0 heterocycles. The van der Waals surface area contributed by atoms with Gasteiger partial charge in [-0.3, -0.25) is 4.79 Å². The first-order chi connectivity index (χ1) is 8.20. The van der Waals surface area contributed by atoms with Crippen molar-refractivity contribution >= 4 is 39.1 Å². The molecule has 2 N–H and O–H groups in total. The number of rotatable bonds is 5. The average molecular weight is 311 g/mol. The highest BCUT2D eigenvalue weighted by molar-refractivity contribution is 7.88. The molecule has 1 aromatic carbocycles. The van der Waals surface area contributed by atoms with Crippen LogP contribution in [0, 0.1) is 0 Å². The van der Waals surface area contributed by atoms with Crippen LogP contribution in [-0.4, -0.2) is 32.2 Å². The molecule has 0 atom stereocenters. The van der Waals surface area contributed by atoms with Gasteiger partial charge in [0.25, 0.3) is 0 Å². The quantitative estimate of drug-likeness (QED) is 0.888. The third-order valence-corrected chi connectivity index (χ3v) is 4.34. The Kier molecular flexibility index (Phi) is 4.98. The largest absolute Gasteiger partial charge is 0.369 e. The maximum atomic E-state index is 11.9. The van der Waals surface area contributed by atoms with Gasteiger partial charge in [0.15, 0.2) is 0 Å². The zero-order chi connectivity index (χ0) is 13.9. The van der Waals surface area contributed by atoms with Crippen LogP contribution in [0.4, 0.5) is 0 Å². The summed E-state index contributed by atoms with van der Waals surface area (Å²) in [4.78, 5) is 10.7. The van der Waals surface area contributed by atoms with Crippen molar-refractivity contribution in [2.45, 2.75) is 5.75 Å². The fourth-order valence-electron chi connectivity index (χ4n) is 1.33. The number of carbonyl (C=O) groups is 1. The van der Waals surface area contributed by atoms with Crippen LogP contribution in [0.1, 0.15) is 5.56 Å². The highest BCUT2D eigenvalue weighted by Gasteiger charge is 2.20. The second kappa shape index (κ2) is 5.88. The van der Waals surface area contributed by atoms with E-state index in [2.05, 4.69) is 0 Å². The standard InChI is InChI=1S/C10H12Cl2N2O3S/c1-14(5-10(13)15)18(16,17)6-7-2-8(11)4-9(12)3-7/h2-4H,5-6H2,1H3,(H2,13,15). The van der Waals surface area contributed by atoms with Crippen molar-refractivity contribution in [3.05, 3.63) is 33.8 Å². The van der Waals surface area contributed by atoms with E-state index in [4.69, 9.17) is 28.9 Å². The van der Waals surface area contributed by atoms with E-state index in [1.54, 1.807) is 0 Å². The molecule has 18 heavy (non-hydrogen) atoms. The van der Waals surface area contributed by atoms with Crippen molar-refractivity contribution in [1.29, 1.82) is 0 Å². The van der Waals surface area contributed by atoms with Gasteiger partial charge in [-0.25, -0.2) is 8.42 Å². The summed E-state index contributed by atoms with van der Waals surface area (Å²) < 4.78 is 24.7. The number of sulfonamides is 1. The molecule has 1 aromatic rings. The lowest BCUT2D eigenvalue weighted by Crippen LogP contribution is -2.36. The van der Waals surface area contributed by atoms with E-state index in [9.17, 15) is 13.2 Å². The van der Waals surface area contributed by atoms with Gasteiger partial charge in [0.1, 0.15) is 0 Å². The molecule has 0 aliphatic heterocycles. The lowest BCUT2D eigenvalue weighted by atomic mass is 10.2. The lowest BCUT2D eigenvalue weighted by molar-refractivity contribution is -0.118. The number of amides is 1. The zero-order valence-corrected chi connectivity index (χ0v) is 11.9. The Bertz CT molecular complexity index is 540. The van der Waals surface area contributed by atoms with Gasteiger partial charge in [-0.2, -0.15) is 4.31 Å². The Morgan fingerprint density at radius 2 is 1.78 bits per heavy atom. The highest BCUT2D eigenvalue weighted by Crippen LogP contribution is 2.21. The minimum Gasteiger partial charge on any atom is -0.369 e. The third kappa shape index (κ3) is 4.45. The highest BCUT2D eigenvalue weighted by atomic mass is 35.5. The van der Waals surface area contributed by atoms with Crippen molar-refractivity contribution in [2.75, 3.05) is 13.6 Å². The van der Waals surface area contributed by atoms with Gasteiger partial charge in [-0.05, 0) is 23.8 Å². The SMILES string of the molecule is CN(CC(N)=O)S(=O)(=O)Cc1cc(Cl)cc(Cl)c1. The van der Waals surface area contributed by atoms with E-state index < -0.39 is 15.9 Å². The summed E-state index contributed by atoms with van der Waals surface area (Å²) in [6, 6.07) is 4.51. The second-order valence-electron chi connectivity index (χ2n) is 3.76. The molecule has 0 aliphatic rings. The van der Waals surface area contributed by atoms with Crippen molar-refractivity contribution in [3.8, 4) is 0 Å². The molecule has 0 spiro atoms. The van der Waals surface area contributed by atoms with Crippen molar-refractivity contribution < 1.29 is 13.2 Å². The van der Waals surface area contributed by atoms with Crippen molar-refractivity contribution in [1.82, 2.24) is 4.31 Å². The van der Waals surface area contributed by atoms with Crippen LogP contribution >= 0.6 is 23.2 Å². The summed E-state index contributed by atoms with van der Waals surface area (Å²) in [5.74, 6) is -1.01. The van der Waals surface area contributed by atoms with Gasteiger partial charge >= 0.3 is 0 Å². The number of likely N-dealkylation sites (N-methyl/N-ethyl adjacent to an activating group) is 1. The molecule has 0 bridgehead atoms. The topological polar surface area (TPSA) is 80.5 Å². The number of nitrogens with two attached hydrogens (primary N) is 1. The summed E-state index contributed by atoms with van der Waals surface area (Å²) >= 11 is 11.6. The van der Waals surface area contributed by atoms with E-state index in [0.29, 0.717) is 15.6 Å². The Hall–Kier alpha value is -0.820. The van der Waals surface area contributed by atoms with Crippen molar-refractivity contribution in [2.24, 2.45) is 5.73 Å². The molecule has 0 aromatic heterocycles. The number of nitrogens with zero attached hydrogens (tertiary/aromatic N) is 1. The molecule has 8 heteroatoms. The lowest BCUT2D eigenvalue weighted by Gasteiger charge is -2.15. The van der Waals surface area contributed by atoms with E-state index >= 15 is 0 Å². The van der Waals surface area contributed by atoms with E-state index in [1.807, 2.05) is 0 Å². The van der Waals surface area contributed by atoms with Crippen LogP contribution in [0.15, 0.2) is 18.2 Å². The summed E-state index contributed by atoms with van der Waals surface area (Å²) in [6.45, 7) is -0.364. The maximum Gasteiger partial charge on any atom is 0.232 e. The first-order valence-electron chi connectivity index (χ1n) is 4.88. The third-order valence-electron chi connectivity index (χ3n) is 2.12. The van der Waals surface area contributed by atoms with Crippen LogP contribution in [0.5, 0.6) is 0 Å². The number of primary amides is 1. The van der Waals surface area contributed by atoms with Crippen LogP contribution in [0.3, 0.4) is 0 Å². The molecule has 1 rings (SSSR count). The predicted molar refractivity (Wildman–Crippen MR) is 70.9 cm³/mol. The number of benzene rings is 1. The van der Waals surface area contributed by atoms with Gasteiger partial charge in [-0.15, -0.1) is 0 Å². The summed E-state index contributed by atoms with van der Waals surface area (Å²) in [5, 5.41) is 0.704. The minimum atomic E-state index is -3.63. The first-order valence-corrected chi connectivity index (χ1v) is 7.24. The van der Waals surface area contributed by atoms with Crippen LogP contribution < -0.4 is 5.73 Å². The molecule has 0 unspecified atom stereocenters. The Morgan fingerprint density at radius 1 is 1.28 bits per heavy atom. The summed E-state index contributed by atoms with van der Waals surface area (Å²) in [6.07, 6.45) is 0. The predicted octanol–water partition coefficient (Wildman–Crippen LogP) is 1.24. The molecule has 0 saturated carbocycles. The van der Waals surface area contributed by atoms with E-state index in [1.165, 1.54) is 25.2 Å². The van der Waals surface area contributed by atoms with Gasteiger partial charge in [0.05, 0.1) is 12.3 Å². The van der Waals surface area contributed by atoms with Crippen LogP contribution in [0.2, 0.25) is 10.0 Å². The number of halogens is 2. The molecular weight excluding hydrogens is 299 g/mol. The van der Waals surface area contributed by atoms with Crippen LogP contribution in [-0.2, 0) is 20.6 Å². The zero-order valence-electron chi connectivity index (χ0n) is 9.56. The summed E-state index contributed by atoms with van der Waals surface area (Å²) in [7, 11) is -2.34. The molecule has 0 aliphatic carbocycles. The molecule has 1 amide bonds. The molecule has 0 saturated heterocycles. The van der Waals surface area contributed by atoms with E-state index in [-0.39, 0.29) is 12.3 Å². The van der Waals surface area contributed by atoms with Gasteiger partial charge in [0, 0.05) is 17.1 Å². The number of hydrogen-bond donors (Lipinski definition) is 1. The smallest absolute Gasteiger partial charge is 0.232 e. The van der Waals surface area contributed by atoms with E-state index in [0.717, 1.165) is 4.31 Å². The normalized spacial score (nSPS) is 11.8. The fourth-order valence-corrected chi connectivity index (χ4v) is 3.04. The second-order valence-corrected chi connectivity index (χ2v) is 6.70. The Balaban J connectivity index is 2.91. The number of hydrogen-bond acceptors (Lipinski definition) is 3. The van der Waals surface area contributed by atoms with Gasteiger partial charge < -0.3 is 5.73 Å². The molecule has 100 valence electrons. The Labute approximate surface area is 116 Å². The summed E-state index contributed by atoms with van der Waals surface area (Å²) in [5.41, 5.74) is 5.39. The minimum absolute atomic E-state index is 0.295. The Morgan fingerprint density at radius 3 is 2.22 bits per heavy atom. The molecule has 0 radical (unpaired) electrons. The first kappa shape index (κ1) is 15.2. The fraction of sp³-hybridized carbons (Fsp3) is 0.300. The monoisotopic (exact) mass is 310 g/mol. The average Bonchev–Trinajstić information content (AvgIpc) is 2.13. The molecular formula is C10H12Cl2N2O3S. The maximum absolute atomic E-state index is 11.9. The molecule has 0 fully saturated rings. The van der Waals surface area contributed by atoms with Gasteiger partial charge in [0.2, 0.25) is 15.9 Å². The molecule has 5 nitrogen and oxygen atoms in total. The number of carbonyl (C=O) groups excluding carboxylic acids is 1. The van der Waals surface area contributed by atoms with Crippen molar-refractivity contribution in [3.63, 3.8) is 0 Å². The van der Waals surface area contributed by atoms with Crippen LogP contribution in [0.25, 0.3) is 0 Å². The van der Waals surface area contributed by atoms with Gasteiger partial charge in [-0.1, -0.05) is 23.2 Å².